The molecular formula is C20H42N4O. The molecule has 0 spiro atoms. The van der Waals surface area contributed by atoms with Crippen LogP contribution in [-0.2, 0) is 4.74 Å². The summed E-state index contributed by atoms with van der Waals surface area (Å²) >= 11 is 0. The van der Waals surface area contributed by atoms with Crippen LogP contribution in [0.2, 0.25) is 0 Å². The van der Waals surface area contributed by atoms with Crippen LogP contribution in [0.15, 0.2) is 4.99 Å². The van der Waals surface area contributed by atoms with Crippen molar-refractivity contribution in [2.24, 2.45) is 4.99 Å². The summed E-state index contributed by atoms with van der Waals surface area (Å²) in [5.41, 5.74) is 0. The van der Waals surface area contributed by atoms with E-state index in [0.717, 1.165) is 45.2 Å². The molecule has 148 valence electrons. The van der Waals surface area contributed by atoms with Gasteiger partial charge in [-0.1, -0.05) is 19.3 Å². The lowest BCUT2D eigenvalue weighted by atomic mass is 9.98. The molecule has 0 heterocycles. The predicted octanol–water partition coefficient (Wildman–Crippen LogP) is 3.40. The van der Waals surface area contributed by atoms with Crippen molar-refractivity contribution >= 4 is 5.96 Å². The van der Waals surface area contributed by atoms with Crippen molar-refractivity contribution in [3.63, 3.8) is 0 Å². The molecule has 0 amide bonds. The lowest BCUT2D eigenvalue weighted by Crippen LogP contribution is -2.38. The summed E-state index contributed by atoms with van der Waals surface area (Å²) in [4.78, 5) is 7.06. The van der Waals surface area contributed by atoms with E-state index in [9.17, 15) is 0 Å². The van der Waals surface area contributed by atoms with Crippen LogP contribution in [0.3, 0.4) is 0 Å². The molecule has 1 fully saturated rings. The zero-order chi connectivity index (χ0) is 18.3. The molecule has 0 unspecified atom stereocenters. The Balaban J connectivity index is 2.09. The van der Waals surface area contributed by atoms with Crippen molar-refractivity contribution in [1.29, 1.82) is 0 Å². The minimum atomic E-state index is 0.507. The minimum Gasteiger partial charge on any atom is -0.378 e. The molecule has 1 aliphatic rings. The number of rotatable bonds is 12. The topological polar surface area (TPSA) is 48.9 Å². The lowest BCUT2D eigenvalue weighted by molar-refractivity contribution is 0.0281. The largest absolute Gasteiger partial charge is 0.378 e. The minimum absolute atomic E-state index is 0.507. The standard InChI is InChI=1S/C20H42N4O/c1-5-21-20(22-14-9-10-16-24(4)18(2)3)23-15-11-17-25-19-12-7-6-8-13-19/h18-19H,5-17H2,1-4H3,(H2,21,22,23). The third-order valence-electron chi connectivity index (χ3n) is 4.93. The van der Waals surface area contributed by atoms with Crippen LogP contribution in [0.4, 0.5) is 0 Å². The summed E-state index contributed by atoms with van der Waals surface area (Å²) in [6.45, 7) is 11.3. The molecule has 0 aromatic rings. The van der Waals surface area contributed by atoms with Crippen LogP contribution in [-0.4, -0.2) is 62.8 Å². The third kappa shape index (κ3) is 11.4. The quantitative estimate of drug-likeness (QED) is 0.320. The highest BCUT2D eigenvalue weighted by atomic mass is 16.5. The van der Waals surface area contributed by atoms with Gasteiger partial charge in [-0.3, -0.25) is 4.99 Å². The molecule has 1 aliphatic carbocycles. The molecule has 1 rings (SSSR count). The van der Waals surface area contributed by atoms with E-state index in [1.54, 1.807) is 0 Å². The highest BCUT2D eigenvalue weighted by Crippen LogP contribution is 2.20. The zero-order valence-electron chi connectivity index (χ0n) is 17.1. The summed E-state index contributed by atoms with van der Waals surface area (Å²) in [5, 5.41) is 6.77. The fraction of sp³-hybridized carbons (Fsp3) is 0.950. The molecule has 0 saturated heterocycles. The first-order chi connectivity index (χ1) is 12.1. The Morgan fingerprint density at radius 1 is 1.12 bits per heavy atom. The Bertz CT molecular complexity index is 341. The number of ether oxygens (including phenoxy) is 1. The number of nitrogens with zero attached hydrogens (tertiary/aromatic N) is 2. The molecule has 0 aromatic heterocycles. The van der Waals surface area contributed by atoms with Gasteiger partial charge in [0.25, 0.3) is 0 Å². The second kappa shape index (κ2) is 14.4. The van der Waals surface area contributed by atoms with Crippen molar-refractivity contribution < 1.29 is 4.74 Å². The van der Waals surface area contributed by atoms with Crippen LogP contribution in [0.25, 0.3) is 0 Å². The molecule has 0 aromatic carbocycles. The van der Waals surface area contributed by atoms with Crippen LogP contribution < -0.4 is 10.6 Å². The first kappa shape index (κ1) is 22.2. The van der Waals surface area contributed by atoms with E-state index >= 15 is 0 Å². The molecule has 0 bridgehead atoms. The number of guanidine groups is 1. The maximum atomic E-state index is 5.96. The average molecular weight is 355 g/mol. The van der Waals surface area contributed by atoms with E-state index in [-0.39, 0.29) is 0 Å². The van der Waals surface area contributed by atoms with Gasteiger partial charge in [0.05, 0.1) is 6.10 Å². The average Bonchev–Trinajstić information content (AvgIpc) is 2.61. The molecule has 2 N–H and O–H groups in total. The van der Waals surface area contributed by atoms with Gasteiger partial charge in [-0.25, -0.2) is 0 Å². The van der Waals surface area contributed by atoms with Gasteiger partial charge >= 0.3 is 0 Å². The van der Waals surface area contributed by atoms with Gasteiger partial charge < -0.3 is 20.3 Å². The Morgan fingerprint density at radius 2 is 1.88 bits per heavy atom. The SMILES string of the molecule is CCNC(=NCCCOC1CCCCC1)NCCCCN(C)C(C)C. The van der Waals surface area contributed by atoms with Crippen molar-refractivity contribution in [3.8, 4) is 0 Å². The predicted molar refractivity (Wildman–Crippen MR) is 108 cm³/mol. The smallest absolute Gasteiger partial charge is 0.191 e. The highest BCUT2D eigenvalue weighted by Gasteiger charge is 2.12. The van der Waals surface area contributed by atoms with Gasteiger partial charge in [-0.05, 0) is 66.5 Å². The monoisotopic (exact) mass is 354 g/mol. The summed E-state index contributed by atoms with van der Waals surface area (Å²) in [5.74, 6) is 0.942. The third-order valence-corrected chi connectivity index (χ3v) is 4.93. The normalized spacial score (nSPS) is 16.6. The molecule has 0 radical (unpaired) electrons. The molecule has 0 atom stereocenters. The fourth-order valence-corrected chi connectivity index (χ4v) is 3.03. The van der Waals surface area contributed by atoms with Gasteiger partial charge in [0, 0.05) is 32.3 Å². The Kier molecular flexibility index (Phi) is 12.8. The van der Waals surface area contributed by atoms with Gasteiger partial charge in [-0.2, -0.15) is 0 Å². The van der Waals surface area contributed by atoms with E-state index in [1.165, 1.54) is 44.9 Å². The van der Waals surface area contributed by atoms with Crippen molar-refractivity contribution in [2.75, 3.05) is 39.8 Å². The molecular weight excluding hydrogens is 312 g/mol. The van der Waals surface area contributed by atoms with Crippen LogP contribution >= 0.6 is 0 Å². The first-order valence-electron chi connectivity index (χ1n) is 10.5. The molecule has 5 heteroatoms. The second-order valence-electron chi connectivity index (χ2n) is 7.45. The lowest BCUT2D eigenvalue weighted by Gasteiger charge is -2.21. The molecule has 5 nitrogen and oxygen atoms in total. The number of aliphatic imine (C=N–C) groups is 1. The molecule has 25 heavy (non-hydrogen) atoms. The maximum Gasteiger partial charge on any atom is 0.191 e. The Labute approximate surface area is 156 Å². The van der Waals surface area contributed by atoms with Crippen molar-refractivity contribution in [3.05, 3.63) is 0 Å². The highest BCUT2D eigenvalue weighted by molar-refractivity contribution is 5.79. The summed E-state index contributed by atoms with van der Waals surface area (Å²) in [6, 6.07) is 0.627. The maximum absolute atomic E-state index is 5.96. The van der Waals surface area contributed by atoms with E-state index < -0.39 is 0 Å². The van der Waals surface area contributed by atoms with Gasteiger partial charge in [0.15, 0.2) is 5.96 Å². The van der Waals surface area contributed by atoms with E-state index in [1.807, 2.05) is 0 Å². The van der Waals surface area contributed by atoms with E-state index in [4.69, 9.17) is 4.74 Å². The Morgan fingerprint density at radius 3 is 2.56 bits per heavy atom. The number of hydrogen-bond donors (Lipinski definition) is 2. The summed E-state index contributed by atoms with van der Waals surface area (Å²) < 4.78 is 5.96. The number of unbranched alkanes of at least 4 members (excludes halogenated alkanes) is 1. The summed E-state index contributed by atoms with van der Waals surface area (Å²) in [6.07, 6.45) is 10.5. The van der Waals surface area contributed by atoms with Crippen LogP contribution in [0.1, 0.15) is 72.1 Å². The van der Waals surface area contributed by atoms with Gasteiger partial charge in [0.2, 0.25) is 0 Å². The molecule has 0 aliphatic heterocycles. The summed E-state index contributed by atoms with van der Waals surface area (Å²) in [7, 11) is 2.19. The first-order valence-corrected chi connectivity index (χ1v) is 10.5. The second-order valence-corrected chi connectivity index (χ2v) is 7.45. The van der Waals surface area contributed by atoms with Crippen molar-refractivity contribution in [2.45, 2.75) is 84.3 Å². The van der Waals surface area contributed by atoms with E-state index in [2.05, 4.69) is 48.3 Å². The molecule has 1 saturated carbocycles. The van der Waals surface area contributed by atoms with E-state index in [0.29, 0.717) is 12.1 Å². The van der Waals surface area contributed by atoms with Crippen LogP contribution in [0.5, 0.6) is 0 Å². The van der Waals surface area contributed by atoms with Gasteiger partial charge in [-0.15, -0.1) is 0 Å². The number of nitrogens with one attached hydrogen (secondary N) is 2. The Hall–Kier alpha value is -0.810. The van der Waals surface area contributed by atoms with Gasteiger partial charge in [0.1, 0.15) is 0 Å². The zero-order valence-corrected chi connectivity index (χ0v) is 17.1. The van der Waals surface area contributed by atoms with Crippen LogP contribution in [0, 0.1) is 0 Å². The number of hydrogen-bond acceptors (Lipinski definition) is 3. The fourth-order valence-electron chi connectivity index (χ4n) is 3.03. The van der Waals surface area contributed by atoms with Crippen molar-refractivity contribution in [1.82, 2.24) is 15.5 Å².